The topological polar surface area (TPSA) is 46.2 Å². The second kappa shape index (κ2) is 12.3. The first-order chi connectivity index (χ1) is 14.6. The van der Waals surface area contributed by atoms with E-state index in [1.165, 1.54) is 0 Å². The summed E-state index contributed by atoms with van der Waals surface area (Å²) in [6, 6.07) is 1.10. The molecule has 0 aliphatic heterocycles. The second-order valence-electron chi connectivity index (χ2n) is 15.1. The fraction of sp³-hybridized carbons (Fsp3) is 1.00. The molecule has 206 valence electrons. The van der Waals surface area contributed by atoms with Crippen LogP contribution >= 0.6 is 0 Å². The standard InChI is InChI=1S/C20H60O5Si9/c1-28(2,3)22-27(21-26)34(17,25-31(10,11)12)19-18-20(32(13,14)23-29(4,5)6)33(15,16)24-30(7,8)9/h20,27H,18-19H2,1-17,26H3. The van der Waals surface area contributed by atoms with Crippen molar-refractivity contribution in [3.63, 3.8) is 0 Å². The Balaban J connectivity index is 6.35. The predicted octanol–water partition coefficient (Wildman–Crippen LogP) is 6.27. The second-order valence-corrected chi connectivity index (χ2v) is 54.5. The SMILES string of the molecule is C[Si](C)(C)O[SiH](O[SiH3])[Si](C)(CCC([Si](C)(C)O[Si](C)(C)C)[Si](C)(C)O[Si](C)(C)C)O[Si](C)(C)C. The highest BCUT2D eigenvalue weighted by Gasteiger charge is 2.52. The number of hydrogen-bond donors (Lipinski definition) is 0. The molecule has 0 saturated carbocycles. The largest absolute Gasteiger partial charge is 0.456 e. The summed E-state index contributed by atoms with van der Waals surface area (Å²) in [6.07, 6.45) is 1.13. The third kappa shape index (κ3) is 14.1. The summed E-state index contributed by atoms with van der Waals surface area (Å²) in [6.45, 7) is 40.1. The maximum atomic E-state index is 7.10. The normalized spacial score (nSPS) is 17.8. The Morgan fingerprint density at radius 3 is 1.18 bits per heavy atom. The van der Waals surface area contributed by atoms with Crippen LogP contribution in [0.1, 0.15) is 6.42 Å². The van der Waals surface area contributed by atoms with Gasteiger partial charge in [0, 0.05) is 0 Å². The fourth-order valence-corrected chi connectivity index (χ4v) is 58.6. The molecule has 34 heavy (non-hydrogen) atoms. The molecule has 5 nitrogen and oxygen atoms in total. The summed E-state index contributed by atoms with van der Waals surface area (Å²) in [7, 11) is -14.1. The number of hydrogen-bond acceptors (Lipinski definition) is 5. The van der Waals surface area contributed by atoms with Gasteiger partial charge in [0.2, 0.25) is 7.83 Å². The summed E-state index contributed by atoms with van der Waals surface area (Å²) in [4.78, 5) is 0. The van der Waals surface area contributed by atoms with Gasteiger partial charge in [-0.15, -0.1) is 0 Å². The molecule has 2 unspecified atom stereocenters. The van der Waals surface area contributed by atoms with Crippen LogP contribution in [0, 0.1) is 0 Å². The molecule has 0 aromatic rings. The lowest BCUT2D eigenvalue weighted by atomic mass is 10.5. The molecule has 0 N–H and O–H groups in total. The van der Waals surface area contributed by atoms with Gasteiger partial charge in [0.05, 0.1) is 0 Å². The van der Waals surface area contributed by atoms with E-state index in [2.05, 4.69) is 111 Å². The van der Waals surface area contributed by atoms with Crippen molar-refractivity contribution in [2.75, 3.05) is 0 Å². The molecule has 0 heterocycles. The molecule has 2 atom stereocenters. The lowest BCUT2D eigenvalue weighted by Crippen LogP contribution is -2.62. The van der Waals surface area contributed by atoms with Crippen LogP contribution in [-0.4, -0.2) is 77.0 Å². The maximum absolute atomic E-state index is 7.10. The first-order valence-electron chi connectivity index (χ1n) is 12.9. The van der Waals surface area contributed by atoms with Gasteiger partial charge in [-0.2, -0.15) is 0 Å². The molecular weight excluding hydrogens is 573 g/mol. The molecule has 0 aliphatic carbocycles. The Bertz CT molecular complexity index is 608. The molecule has 0 aromatic heterocycles. The van der Waals surface area contributed by atoms with Crippen LogP contribution in [0.2, 0.25) is 123 Å². The van der Waals surface area contributed by atoms with Crippen LogP contribution in [0.25, 0.3) is 0 Å². The lowest BCUT2D eigenvalue weighted by Gasteiger charge is -2.48. The molecule has 0 fully saturated rings. The average Bonchev–Trinajstić information content (AvgIpc) is 2.44. The van der Waals surface area contributed by atoms with E-state index < -0.39 is 66.5 Å². The third-order valence-corrected chi connectivity index (χ3v) is 42.8. The van der Waals surface area contributed by atoms with Crippen molar-refractivity contribution >= 4 is 77.0 Å². The van der Waals surface area contributed by atoms with Gasteiger partial charge in [0.15, 0.2) is 49.9 Å². The average molecular weight is 633 g/mol. The lowest BCUT2D eigenvalue weighted by molar-refractivity contribution is 0.439. The van der Waals surface area contributed by atoms with Gasteiger partial charge < -0.3 is 20.6 Å². The molecule has 0 bridgehead atoms. The van der Waals surface area contributed by atoms with Gasteiger partial charge in [0.25, 0.3) is 0 Å². The summed E-state index contributed by atoms with van der Waals surface area (Å²) < 4.78 is 34.2. The van der Waals surface area contributed by atoms with Crippen molar-refractivity contribution in [3.8, 4) is 0 Å². The van der Waals surface area contributed by atoms with Crippen LogP contribution < -0.4 is 0 Å². The molecule has 0 saturated heterocycles. The van der Waals surface area contributed by atoms with Gasteiger partial charge in [-0.25, -0.2) is 0 Å². The minimum absolute atomic E-state index is 0.520. The molecule has 0 spiro atoms. The first-order valence-corrected chi connectivity index (χ1v) is 38.7. The van der Waals surface area contributed by atoms with Gasteiger partial charge in [-0.3, -0.25) is 0 Å². The molecular formula is C20H60O5Si9. The van der Waals surface area contributed by atoms with E-state index in [1.54, 1.807) is 0 Å². The minimum Gasteiger partial charge on any atom is -0.456 e. The molecule has 0 radical (unpaired) electrons. The van der Waals surface area contributed by atoms with Crippen LogP contribution in [0.4, 0.5) is 0 Å². The van der Waals surface area contributed by atoms with E-state index in [1.807, 2.05) is 0 Å². The molecule has 0 aliphatic rings. The summed E-state index contributed by atoms with van der Waals surface area (Å²) >= 11 is 0. The molecule has 14 heteroatoms. The zero-order chi connectivity index (χ0) is 27.6. The number of rotatable bonds is 15. The Labute approximate surface area is 225 Å². The highest BCUT2D eigenvalue weighted by molar-refractivity contribution is 7.28. The van der Waals surface area contributed by atoms with Gasteiger partial charge in [-0.05, 0) is 123 Å². The zero-order valence-electron chi connectivity index (χ0n) is 26.1. The van der Waals surface area contributed by atoms with E-state index in [9.17, 15) is 0 Å². The van der Waals surface area contributed by atoms with Crippen LogP contribution in [0.15, 0.2) is 0 Å². The van der Waals surface area contributed by atoms with Crippen LogP contribution in [0.3, 0.4) is 0 Å². The predicted molar refractivity (Wildman–Crippen MR) is 176 cm³/mol. The fourth-order valence-electron chi connectivity index (χ4n) is 5.34. The Hall–Kier alpha value is 1.75. The van der Waals surface area contributed by atoms with Crippen molar-refractivity contribution in [1.82, 2.24) is 0 Å². The van der Waals surface area contributed by atoms with Crippen molar-refractivity contribution < 1.29 is 20.6 Å². The summed E-state index contributed by atoms with van der Waals surface area (Å²) in [5.41, 5.74) is 0. The first kappa shape index (κ1) is 35.8. The van der Waals surface area contributed by atoms with E-state index in [0.717, 1.165) is 23.0 Å². The monoisotopic (exact) mass is 632 g/mol. The molecule has 0 amide bonds. The van der Waals surface area contributed by atoms with Crippen LogP contribution in [0.5, 0.6) is 0 Å². The molecule has 0 aromatic carbocycles. The van der Waals surface area contributed by atoms with E-state index >= 15 is 0 Å². The van der Waals surface area contributed by atoms with Crippen LogP contribution in [-0.2, 0) is 20.6 Å². The maximum Gasteiger partial charge on any atom is 0.311 e. The van der Waals surface area contributed by atoms with Crippen molar-refractivity contribution in [2.45, 2.75) is 129 Å². The van der Waals surface area contributed by atoms with Crippen molar-refractivity contribution in [1.29, 1.82) is 0 Å². The van der Waals surface area contributed by atoms with E-state index in [0.29, 0.717) is 5.16 Å². The van der Waals surface area contributed by atoms with Crippen molar-refractivity contribution in [2.24, 2.45) is 0 Å². The smallest absolute Gasteiger partial charge is 0.311 e. The molecule has 0 rings (SSSR count). The summed E-state index contributed by atoms with van der Waals surface area (Å²) in [5.74, 6) is 0. The quantitative estimate of drug-likeness (QED) is 0.199. The highest BCUT2D eigenvalue weighted by Crippen LogP contribution is 2.42. The van der Waals surface area contributed by atoms with Crippen molar-refractivity contribution in [3.05, 3.63) is 0 Å². The zero-order valence-corrected chi connectivity index (χ0v) is 36.3. The van der Waals surface area contributed by atoms with Gasteiger partial charge in [0.1, 0.15) is 10.5 Å². The van der Waals surface area contributed by atoms with Gasteiger partial charge in [-0.1, -0.05) is 6.42 Å². The van der Waals surface area contributed by atoms with E-state index in [-0.39, 0.29) is 0 Å². The summed E-state index contributed by atoms with van der Waals surface area (Å²) in [5, 5.41) is 0.520. The Morgan fingerprint density at radius 1 is 0.559 bits per heavy atom. The Morgan fingerprint density at radius 2 is 0.912 bits per heavy atom. The van der Waals surface area contributed by atoms with Gasteiger partial charge >= 0.3 is 8.80 Å². The Kier molecular flexibility index (Phi) is 12.9. The van der Waals surface area contributed by atoms with E-state index in [4.69, 9.17) is 20.6 Å². The third-order valence-electron chi connectivity index (χ3n) is 5.46. The highest BCUT2D eigenvalue weighted by atomic mass is 29.3. The minimum atomic E-state index is -2.18.